The molecule has 17 heteroatoms. The molecule has 117 valence electrons. The predicted octanol–water partition coefficient (Wildman–Crippen LogP) is -10.6. The molecule has 0 rings (SSSR count). The van der Waals surface area contributed by atoms with Crippen LogP contribution < -0.4 is 113 Å². The zero-order valence-corrected chi connectivity index (χ0v) is 20.0. The Balaban J connectivity index is -0.0000000439. The average Bonchev–Trinajstić information content (AvgIpc) is 1.95. The number of carboxylic acids is 2. The summed E-state index contributed by atoms with van der Waals surface area (Å²) in [6.07, 6.45) is 0. The van der Waals surface area contributed by atoms with Gasteiger partial charge in [0.25, 0.3) is 0 Å². The Morgan fingerprint density at radius 3 is 0.905 bits per heavy atom. The fraction of sp³-hybridized carbons (Fsp3) is 0.500. The van der Waals surface area contributed by atoms with Gasteiger partial charge in [0.2, 0.25) is 20.8 Å². The number of carbonyl (C=O) groups excluding carboxylic acids is 2. The Labute approximate surface area is 216 Å². The summed E-state index contributed by atoms with van der Waals surface area (Å²) in [6.45, 7) is 1.94. The largest absolute Gasteiger partial charge is 2.00 e. The van der Waals surface area contributed by atoms with Crippen LogP contribution in [0.25, 0.3) is 0 Å². The summed E-state index contributed by atoms with van der Waals surface area (Å²) in [5.74, 6) is -2.17. The quantitative estimate of drug-likeness (QED) is 0.130. The van der Waals surface area contributed by atoms with E-state index in [0.29, 0.717) is 0 Å². The molecule has 0 aromatic carbocycles. The molecule has 0 N–H and O–H groups in total. The Morgan fingerprint density at radius 2 is 0.857 bits per heavy atom. The van der Waals surface area contributed by atoms with Gasteiger partial charge in [-0.2, -0.15) is 0 Å². The van der Waals surface area contributed by atoms with Crippen molar-refractivity contribution in [1.82, 2.24) is 0 Å². The Bertz CT molecular complexity index is 406. The number of carboxylic acid groups (broad SMARTS) is 2. The fourth-order valence-corrected chi connectivity index (χ4v) is 0.612. The minimum absolute atomic E-state index is 0. The summed E-state index contributed by atoms with van der Waals surface area (Å²) in [5.41, 5.74) is 0. The van der Waals surface area contributed by atoms with Crippen LogP contribution in [0.1, 0.15) is 13.8 Å². The summed E-state index contributed by atoms with van der Waals surface area (Å²) in [7, 11) is -10.6. The molecule has 0 saturated carbocycles. The average molecular weight is 447 g/mol. The molecular formula is C4H6CoK2O12S2. The van der Waals surface area contributed by atoms with Gasteiger partial charge in [0.15, 0.2) is 0 Å². The Morgan fingerprint density at radius 1 is 0.762 bits per heavy atom. The third-order valence-corrected chi connectivity index (χ3v) is 0.750. The van der Waals surface area contributed by atoms with Crippen LogP contribution in [0, 0.1) is 0 Å². The molecule has 0 saturated heterocycles. The second-order valence-corrected chi connectivity index (χ2v) is 3.84. The van der Waals surface area contributed by atoms with Crippen LogP contribution in [0.4, 0.5) is 0 Å². The SMILES string of the molecule is CC(=O)[O-].CC(=O)[O-].O=S(=O)([O-])OOS(=O)(=O)[O-].[Co+2].[K+].[K+]. The molecule has 0 amide bonds. The van der Waals surface area contributed by atoms with E-state index in [1.54, 1.807) is 0 Å². The summed E-state index contributed by atoms with van der Waals surface area (Å²) < 4.78 is 61.5. The van der Waals surface area contributed by atoms with Crippen molar-refractivity contribution < 1.29 is 174 Å². The zero-order chi connectivity index (χ0) is 15.6. The van der Waals surface area contributed by atoms with E-state index in [-0.39, 0.29) is 120 Å². The molecule has 0 spiro atoms. The first kappa shape index (κ1) is 38.8. The first-order chi connectivity index (χ1) is 7.67. The van der Waals surface area contributed by atoms with Crippen molar-refractivity contribution in [3.63, 3.8) is 0 Å². The van der Waals surface area contributed by atoms with Crippen molar-refractivity contribution >= 4 is 32.7 Å². The van der Waals surface area contributed by atoms with E-state index in [0.717, 1.165) is 13.8 Å². The number of rotatable bonds is 3. The second-order valence-electron chi connectivity index (χ2n) is 1.94. The zero-order valence-electron chi connectivity index (χ0n) is 11.0. The normalized spacial score (nSPS) is 8.76. The summed E-state index contributed by atoms with van der Waals surface area (Å²) >= 11 is 0. The van der Waals surface area contributed by atoms with Gasteiger partial charge in [0.1, 0.15) is 0 Å². The molecular weight excluding hydrogens is 441 g/mol. The molecule has 0 heterocycles. The molecule has 0 fully saturated rings. The smallest absolute Gasteiger partial charge is 0.724 e. The van der Waals surface area contributed by atoms with Crippen LogP contribution in [0.3, 0.4) is 0 Å². The fourth-order valence-electron chi connectivity index (χ4n) is 0.0680. The molecule has 0 aromatic rings. The minimum atomic E-state index is -5.31. The van der Waals surface area contributed by atoms with E-state index < -0.39 is 32.7 Å². The molecule has 0 bridgehead atoms. The van der Waals surface area contributed by atoms with Gasteiger partial charge in [-0.25, -0.2) is 16.8 Å². The van der Waals surface area contributed by atoms with Crippen LogP contribution in [0.15, 0.2) is 0 Å². The monoisotopic (exact) mass is 447 g/mol. The first-order valence-corrected chi connectivity index (χ1v) is 5.98. The molecule has 21 heavy (non-hydrogen) atoms. The van der Waals surface area contributed by atoms with Crippen LogP contribution in [-0.2, 0) is 55.8 Å². The topological polar surface area (TPSA) is 213 Å². The van der Waals surface area contributed by atoms with E-state index in [1.807, 2.05) is 0 Å². The third-order valence-electron chi connectivity index (χ3n) is 0.194. The van der Waals surface area contributed by atoms with Crippen molar-refractivity contribution in [3.8, 4) is 0 Å². The van der Waals surface area contributed by atoms with Crippen molar-refractivity contribution in [2.24, 2.45) is 0 Å². The summed E-state index contributed by atoms with van der Waals surface area (Å²) in [5, 5.41) is 17.8. The van der Waals surface area contributed by atoms with Gasteiger partial charge in [-0.1, -0.05) is 0 Å². The summed E-state index contributed by atoms with van der Waals surface area (Å²) in [6, 6.07) is 0. The van der Waals surface area contributed by atoms with Crippen LogP contribution >= 0.6 is 0 Å². The molecule has 0 unspecified atom stereocenters. The van der Waals surface area contributed by atoms with Gasteiger partial charge >= 0.3 is 120 Å². The number of carbonyl (C=O) groups is 2. The second kappa shape index (κ2) is 20.5. The molecule has 0 atom stereocenters. The van der Waals surface area contributed by atoms with Gasteiger partial charge in [-0.05, 0) is 13.8 Å². The number of aliphatic carboxylic acids is 2. The maximum Gasteiger partial charge on any atom is 2.00 e. The van der Waals surface area contributed by atoms with Crippen LogP contribution in [0.2, 0.25) is 0 Å². The number of hydrogen-bond donors (Lipinski definition) is 0. The van der Waals surface area contributed by atoms with E-state index >= 15 is 0 Å². The number of hydrogen-bond acceptors (Lipinski definition) is 12. The van der Waals surface area contributed by atoms with E-state index in [9.17, 15) is 25.9 Å². The van der Waals surface area contributed by atoms with Crippen LogP contribution in [-0.4, -0.2) is 37.9 Å². The van der Waals surface area contributed by atoms with Gasteiger partial charge < -0.3 is 28.9 Å². The van der Waals surface area contributed by atoms with E-state index in [1.165, 1.54) is 0 Å². The Kier molecular flexibility index (Phi) is 37.9. The van der Waals surface area contributed by atoms with E-state index in [2.05, 4.69) is 8.67 Å². The van der Waals surface area contributed by atoms with Gasteiger partial charge in [-0.3, -0.25) is 0 Å². The predicted molar refractivity (Wildman–Crippen MR) is 42.9 cm³/mol. The third kappa shape index (κ3) is 105. The molecule has 1 radical (unpaired) electrons. The van der Waals surface area contributed by atoms with Gasteiger partial charge in [0, 0.05) is 11.9 Å². The maximum absolute atomic E-state index is 9.37. The van der Waals surface area contributed by atoms with Crippen molar-refractivity contribution in [2.45, 2.75) is 13.8 Å². The van der Waals surface area contributed by atoms with E-state index in [4.69, 9.17) is 19.8 Å². The van der Waals surface area contributed by atoms with Crippen molar-refractivity contribution in [3.05, 3.63) is 0 Å². The molecule has 0 aliphatic carbocycles. The van der Waals surface area contributed by atoms with Crippen molar-refractivity contribution in [1.29, 1.82) is 0 Å². The first-order valence-electron chi connectivity index (χ1n) is 3.32. The van der Waals surface area contributed by atoms with Crippen molar-refractivity contribution in [2.75, 3.05) is 0 Å². The summed E-state index contributed by atoms with van der Waals surface area (Å²) in [4.78, 5) is 17.8. The maximum atomic E-state index is 9.37. The van der Waals surface area contributed by atoms with Gasteiger partial charge in [-0.15, -0.1) is 8.67 Å². The molecule has 0 aliphatic rings. The molecule has 12 nitrogen and oxygen atoms in total. The molecule has 0 aliphatic heterocycles. The van der Waals surface area contributed by atoms with Gasteiger partial charge in [0.05, 0.1) is 0 Å². The minimum Gasteiger partial charge on any atom is -0.724 e. The Hall–Kier alpha value is 2.46. The van der Waals surface area contributed by atoms with Crippen LogP contribution in [0.5, 0.6) is 0 Å². The standard InChI is InChI=1S/2C2H4O2.Co.2K.H2O8S2/c2*1-2(3)4;;;;1-9(2,3)7-8-10(4,5)6/h2*1H3,(H,3,4);;;;(H,1,2,3)(H,4,5,6)/q;;+2;2*+1;/p-4. The molecule has 0 aromatic heterocycles.